The second kappa shape index (κ2) is 4.54. The van der Waals surface area contributed by atoms with E-state index < -0.39 is 0 Å². The van der Waals surface area contributed by atoms with E-state index in [1.165, 1.54) is 11.3 Å². The van der Waals surface area contributed by atoms with Crippen LogP contribution >= 0.6 is 11.3 Å². The number of hydrogen-bond donors (Lipinski definition) is 1. The number of hydrogen-bond acceptors (Lipinski definition) is 6. The molecule has 1 unspecified atom stereocenters. The van der Waals surface area contributed by atoms with E-state index in [4.69, 9.17) is 10.5 Å². The fourth-order valence-corrected chi connectivity index (χ4v) is 2.06. The van der Waals surface area contributed by atoms with Gasteiger partial charge in [-0.05, 0) is 19.1 Å². The molecular weight excluding hydrogens is 224 g/mol. The molecule has 84 valence electrons. The topological polar surface area (TPSA) is 73.9 Å². The van der Waals surface area contributed by atoms with Crippen LogP contribution in [0.5, 0.6) is 5.88 Å². The maximum Gasteiger partial charge on any atom is 0.223 e. The number of methoxy groups -OCH3 is 1. The number of nitrogens with two attached hydrogens (primary N) is 1. The van der Waals surface area contributed by atoms with Gasteiger partial charge < -0.3 is 10.5 Å². The molecule has 0 aliphatic rings. The van der Waals surface area contributed by atoms with Crippen molar-refractivity contribution in [1.29, 1.82) is 0 Å². The fourth-order valence-electron chi connectivity index (χ4n) is 1.24. The van der Waals surface area contributed by atoms with E-state index in [1.54, 1.807) is 13.3 Å². The van der Waals surface area contributed by atoms with Gasteiger partial charge in [0.05, 0.1) is 18.7 Å². The summed E-state index contributed by atoms with van der Waals surface area (Å²) >= 11 is 1.46. The molecule has 2 rings (SSSR count). The fraction of sp³-hybridized carbons (Fsp3) is 0.300. The van der Waals surface area contributed by atoms with Gasteiger partial charge in [-0.2, -0.15) is 0 Å². The highest BCUT2D eigenvalue weighted by Crippen LogP contribution is 2.31. The molecule has 2 aromatic rings. The van der Waals surface area contributed by atoms with E-state index in [9.17, 15) is 0 Å². The molecule has 0 radical (unpaired) electrons. The highest BCUT2D eigenvalue weighted by molar-refractivity contribution is 7.14. The lowest BCUT2D eigenvalue weighted by Gasteiger charge is -2.02. The Bertz CT molecular complexity index is 483. The first-order chi connectivity index (χ1) is 7.72. The lowest BCUT2D eigenvalue weighted by atomic mass is 10.3. The first-order valence-electron chi connectivity index (χ1n) is 4.80. The van der Waals surface area contributed by atoms with Crippen LogP contribution in [0.15, 0.2) is 18.3 Å². The predicted octanol–water partition coefficient (Wildman–Crippen LogP) is 1.63. The normalized spacial score (nSPS) is 12.4. The van der Waals surface area contributed by atoms with Gasteiger partial charge in [0.1, 0.15) is 5.01 Å². The standard InChI is InChI=1S/C10H12N4OS/c1-6(11)9-13-14-10(16-9)7-4-3-5-12-8(7)15-2/h3-6H,11H2,1-2H3. The molecule has 5 nitrogen and oxygen atoms in total. The van der Waals surface area contributed by atoms with Gasteiger partial charge in [0.15, 0.2) is 5.01 Å². The van der Waals surface area contributed by atoms with E-state index in [0.29, 0.717) is 5.88 Å². The third-order valence-corrected chi connectivity index (χ3v) is 3.18. The minimum absolute atomic E-state index is 0.103. The first kappa shape index (κ1) is 11.0. The zero-order valence-electron chi connectivity index (χ0n) is 9.04. The molecule has 16 heavy (non-hydrogen) atoms. The van der Waals surface area contributed by atoms with E-state index in [-0.39, 0.29) is 6.04 Å². The Labute approximate surface area is 97.3 Å². The van der Waals surface area contributed by atoms with Crippen LogP contribution in [0.2, 0.25) is 0 Å². The SMILES string of the molecule is COc1ncccc1-c1nnc(C(C)N)s1. The van der Waals surface area contributed by atoms with Crippen molar-refractivity contribution in [2.75, 3.05) is 7.11 Å². The second-order valence-corrected chi connectivity index (χ2v) is 4.30. The summed E-state index contributed by atoms with van der Waals surface area (Å²) in [7, 11) is 1.58. The highest BCUT2D eigenvalue weighted by Gasteiger charge is 2.13. The molecule has 6 heteroatoms. The Balaban J connectivity index is 2.42. The molecule has 2 heterocycles. The molecule has 0 saturated carbocycles. The molecular formula is C10H12N4OS. The largest absolute Gasteiger partial charge is 0.480 e. The van der Waals surface area contributed by atoms with E-state index >= 15 is 0 Å². The number of ether oxygens (including phenoxy) is 1. The quantitative estimate of drug-likeness (QED) is 0.876. The van der Waals surface area contributed by atoms with Crippen molar-refractivity contribution in [3.63, 3.8) is 0 Å². The van der Waals surface area contributed by atoms with Gasteiger partial charge in [-0.3, -0.25) is 0 Å². The van der Waals surface area contributed by atoms with Gasteiger partial charge in [0.25, 0.3) is 0 Å². The van der Waals surface area contributed by atoms with Crippen molar-refractivity contribution in [1.82, 2.24) is 15.2 Å². The Morgan fingerprint density at radius 2 is 2.25 bits per heavy atom. The Kier molecular flexibility index (Phi) is 3.12. The van der Waals surface area contributed by atoms with Crippen molar-refractivity contribution in [2.45, 2.75) is 13.0 Å². The van der Waals surface area contributed by atoms with Gasteiger partial charge in [-0.15, -0.1) is 10.2 Å². The Hall–Kier alpha value is -1.53. The van der Waals surface area contributed by atoms with Crippen LogP contribution in [0.3, 0.4) is 0 Å². The molecule has 0 aliphatic carbocycles. The van der Waals surface area contributed by atoms with Crippen LogP contribution in [0.1, 0.15) is 18.0 Å². The minimum Gasteiger partial charge on any atom is -0.480 e. The third-order valence-electron chi connectivity index (χ3n) is 2.03. The Morgan fingerprint density at radius 3 is 2.88 bits per heavy atom. The van der Waals surface area contributed by atoms with Gasteiger partial charge in [-0.25, -0.2) is 4.98 Å². The summed E-state index contributed by atoms with van der Waals surface area (Å²) in [6.07, 6.45) is 1.68. The summed E-state index contributed by atoms with van der Waals surface area (Å²) in [5, 5.41) is 9.69. The molecule has 1 atom stereocenters. The Morgan fingerprint density at radius 1 is 1.44 bits per heavy atom. The van der Waals surface area contributed by atoms with Crippen LogP contribution < -0.4 is 10.5 Å². The zero-order valence-corrected chi connectivity index (χ0v) is 9.86. The van der Waals surface area contributed by atoms with Crippen LogP contribution in [-0.4, -0.2) is 22.3 Å². The maximum atomic E-state index is 5.74. The summed E-state index contributed by atoms with van der Waals surface area (Å²) in [4.78, 5) is 4.11. The smallest absolute Gasteiger partial charge is 0.223 e. The third kappa shape index (κ3) is 2.02. The molecule has 2 aromatic heterocycles. The molecule has 0 spiro atoms. The zero-order chi connectivity index (χ0) is 11.5. The predicted molar refractivity (Wildman–Crippen MR) is 62.3 cm³/mol. The number of rotatable bonds is 3. The van der Waals surface area contributed by atoms with Gasteiger partial charge >= 0.3 is 0 Å². The molecule has 2 N–H and O–H groups in total. The van der Waals surface area contributed by atoms with E-state index in [1.807, 2.05) is 19.1 Å². The molecule has 0 fully saturated rings. The van der Waals surface area contributed by atoms with Crippen LogP contribution in [0.25, 0.3) is 10.6 Å². The number of nitrogens with zero attached hydrogens (tertiary/aromatic N) is 3. The van der Waals surface area contributed by atoms with Crippen molar-refractivity contribution < 1.29 is 4.74 Å². The van der Waals surface area contributed by atoms with Crippen LogP contribution in [0, 0.1) is 0 Å². The number of aromatic nitrogens is 3. The average Bonchev–Trinajstić information content (AvgIpc) is 2.78. The van der Waals surface area contributed by atoms with Crippen molar-refractivity contribution in [2.24, 2.45) is 5.73 Å². The van der Waals surface area contributed by atoms with Crippen LogP contribution in [0.4, 0.5) is 0 Å². The van der Waals surface area contributed by atoms with Crippen molar-refractivity contribution in [3.8, 4) is 16.5 Å². The summed E-state index contributed by atoms with van der Waals surface area (Å²) in [5.41, 5.74) is 6.58. The van der Waals surface area contributed by atoms with Crippen molar-refractivity contribution >= 4 is 11.3 Å². The molecule has 0 aromatic carbocycles. The molecule has 0 amide bonds. The summed E-state index contributed by atoms with van der Waals surface area (Å²) < 4.78 is 5.17. The van der Waals surface area contributed by atoms with Gasteiger partial charge in [0, 0.05) is 6.20 Å². The van der Waals surface area contributed by atoms with Gasteiger partial charge in [0.2, 0.25) is 5.88 Å². The summed E-state index contributed by atoms with van der Waals surface area (Å²) in [6.45, 7) is 1.88. The molecule has 0 bridgehead atoms. The minimum atomic E-state index is -0.103. The van der Waals surface area contributed by atoms with Crippen molar-refractivity contribution in [3.05, 3.63) is 23.3 Å². The summed E-state index contributed by atoms with van der Waals surface area (Å²) in [5.74, 6) is 0.551. The summed E-state index contributed by atoms with van der Waals surface area (Å²) in [6, 6.07) is 3.64. The second-order valence-electron chi connectivity index (χ2n) is 3.29. The van der Waals surface area contributed by atoms with Crippen LogP contribution in [-0.2, 0) is 0 Å². The number of pyridine rings is 1. The average molecular weight is 236 g/mol. The lowest BCUT2D eigenvalue weighted by Crippen LogP contribution is -2.03. The maximum absolute atomic E-state index is 5.74. The highest BCUT2D eigenvalue weighted by atomic mass is 32.1. The lowest BCUT2D eigenvalue weighted by molar-refractivity contribution is 0.399. The van der Waals surface area contributed by atoms with E-state index in [2.05, 4.69) is 15.2 Å². The van der Waals surface area contributed by atoms with E-state index in [0.717, 1.165) is 15.6 Å². The monoisotopic (exact) mass is 236 g/mol. The molecule has 0 aliphatic heterocycles. The first-order valence-corrected chi connectivity index (χ1v) is 5.62. The molecule has 0 saturated heterocycles. The van der Waals surface area contributed by atoms with Gasteiger partial charge in [-0.1, -0.05) is 11.3 Å².